The molecule has 0 bridgehead atoms. The van der Waals surface area contributed by atoms with Crippen molar-refractivity contribution in [2.45, 2.75) is 19.6 Å². The van der Waals surface area contributed by atoms with Gasteiger partial charge in [-0.25, -0.2) is 4.39 Å². The second kappa shape index (κ2) is 8.39. The number of ether oxygens (including phenoxy) is 1. The number of hydrogen-bond donors (Lipinski definition) is 2. The zero-order valence-corrected chi connectivity index (χ0v) is 16.1. The Morgan fingerprint density at radius 1 is 1.07 bits per heavy atom. The van der Waals surface area contributed by atoms with Crippen LogP contribution in [0.15, 0.2) is 71.1 Å². The smallest absolute Gasteiger partial charge is 0.307 e. The van der Waals surface area contributed by atoms with Crippen LogP contribution in [0.4, 0.5) is 4.39 Å². The Hall–Kier alpha value is -3.64. The average molecular weight is 405 g/mol. The predicted molar refractivity (Wildman–Crippen MR) is 112 cm³/mol. The first-order valence-electron chi connectivity index (χ1n) is 9.47. The Labute approximate surface area is 172 Å². The molecule has 1 aromatic heterocycles. The minimum absolute atomic E-state index is 0.0925. The maximum absolute atomic E-state index is 14.2. The van der Waals surface area contributed by atoms with E-state index in [1.807, 2.05) is 24.3 Å². The summed E-state index contributed by atoms with van der Waals surface area (Å²) in [5.74, 6) is -0.315. The highest BCUT2D eigenvalue weighted by Gasteiger charge is 2.14. The SMILES string of the molecule is NCc1cccc(-c2cc(F)cc3cc(COc4ccccc4CC(=O)O)oc23)c1. The van der Waals surface area contributed by atoms with Crippen LogP contribution in [-0.2, 0) is 24.4 Å². The van der Waals surface area contributed by atoms with Crippen molar-refractivity contribution in [2.75, 3.05) is 0 Å². The van der Waals surface area contributed by atoms with Crippen LogP contribution in [0.1, 0.15) is 16.9 Å². The number of carboxylic acids is 1. The molecule has 3 N–H and O–H groups in total. The highest BCUT2D eigenvalue weighted by molar-refractivity contribution is 5.93. The van der Waals surface area contributed by atoms with E-state index in [2.05, 4.69) is 0 Å². The molecule has 0 aliphatic rings. The van der Waals surface area contributed by atoms with Crippen LogP contribution in [-0.4, -0.2) is 11.1 Å². The quantitative estimate of drug-likeness (QED) is 0.457. The van der Waals surface area contributed by atoms with Gasteiger partial charge in [-0.05, 0) is 41.5 Å². The van der Waals surface area contributed by atoms with Gasteiger partial charge >= 0.3 is 5.97 Å². The summed E-state index contributed by atoms with van der Waals surface area (Å²) in [6.07, 6.45) is -0.136. The number of para-hydroxylation sites is 1. The lowest BCUT2D eigenvalue weighted by atomic mass is 10.0. The molecule has 0 radical (unpaired) electrons. The van der Waals surface area contributed by atoms with Crippen molar-refractivity contribution < 1.29 is 23.4 Å². The summed E-state index contributed by atoms with van der Waals surface area (Å²) in [4.78, 5) is 11.0. The van der Waals surface area contributed by atoms with Gasteiger partial charge in [0.2, 0.25) is 0 Å². The molecule has 0 unspecified atom stereocenters. The van der Waals surface area contributed by atoms with E-state index in [0.29, 0.717) is 40.2 Å². The molecule has 152 valence electrons. The monoisotopic (exact) mass is 405 g/mol. The minimum Gasteiger partial charge on any atom is -0.485 e. The van der Waals surface area contributed by atoms with Crippen LogP contribution in [0, 0.1) is 5.82 Å². The third-order valence-electron chi connectivity index (χ3n) is 4.79. The number of benzene rings is 3. The average Bonchev–Trinajstić information content (AvgIpc) is 3.15. The zero-order valence-electron chi connectivity index (χ0n) is 16.1. The number of hydrogen-bond acceptors (Lipinski definition) is 4. The van der Waals surface area contributed by atoms with Crippen molar-refractivity contribution in [3.05, 3.63) is 89.4 Å². The topological polar surface area (TPSA) is 85.7 Å². The summed E-state index contributed by atoms with van der Waals surface area (Å²) in [5, 5.41) is 9.68. The molecule has 1 heterocycles. The number of carboxylic acid groups (broad SMARTS) is 1. The molecule has 0 aliphatic heterocycles. The van der Waals surface area contributed by atoms with Crippen molar-refractivity contribution in [3.8, 4) is 16.9 Å². The van der Waals surface area contributed by atoms with Crippen LogP contribution < -0.4 is 10.5 Å². The van der Waals surface area contributed by atoms with Gasteiger partial charge in [0.15, 0.2) is 0 Å². The van der Waals surface area contributed by atoms with E-state index >= 15 is 0 Å². The molecular formula is C24H20FNO4. The molecule has 6 heteroatoms. The van der Waals surface area contributed by atoms with E-state index in [-0.39, 0.29) is 18.8 Å². The van der Waals surface area contributed by atoms with Gasteiger partial charge in [0.05, 0.1) is 6.42 Å². The van der Waals surface area contributed by atoms with E-state index in [1.165, 1.54) is 12.1 Å². The minimum atomic E-state index is -0.936. The van der Waals surface area contributed by atoms with Gasteiger partial charge in [0, 0.05) is 23.1 Å². The highest BCUT2D eigenvalue weighted by atomic mass is 19.1. The molecule has 0 amide bonds. The van der Waals surface area contributed by atoms with E-state index in [0.717, 1.165) is 11.1 Å². The molecule has 4 rings (SSSR count). The fraction of sp³-hybridized carbons (Fsp3) is 0.125. The van der Waals surface area contributed by atoms with Crippen LogP contribution in [0.3, 0.4) is 0 Å². The number of halogens is 1. The predicted octanol–water partition coefficient (Wildman–Crippen LogP) is 4.90. The largest absolute Gasteiger partial charge is 0.485 e. The first-order chi connectivity index (χ1) is 14.5. The lowest BCUT2D eigenvalue weighted by Crippen LogP contribution is -2.03. The number of nitrogens with two attached hydrogens (primary N) is 1. The molecule has 0 saturated carbocycles. The van der Waals surface area contributed by atoms with Crippen molar-refractivity contribution in [2.24, 2.45) is 5.73 Å². The number of fused-ring (bicyclic) bond motifs is 1. The maximum atomic E-state index is 14.2. The number of carbonyl (C=O) groups is 1. The Morgan fingerprint density at radius 2 is 1.90 bits per heavy atom. The van der Waals surface area contributed by atoms with E-state index < -0.39 is 5.97 Å². The van der Waals surface area contributed by atoms with E-state index in [4.69, 9.17) is 20.0 Å². The van der Waals surface area contributed by atoms with Crippen molar-refractivity contribution in [1.29, 1.82) is 0 Å². The molecule has 5 nitrogen and oxygen atoms in total. The van der Waals surface area contributed by atoms with Gasteiger partial charge < -0.3 is 20.0 Å². The van der Waals surface area contributed by atoms with E-state index in [1.54, 1.807) is 30.3 Å². The normalized spacial score (nSPS) is 11.0. The fourth-order valence-electron chi connectivity index (χ4n) is 3.42. The van der Waals surface area contributed by atoms with Gasteiger partial charge in [-0.3, -0.25) is 4.79 Å². The summed E-state index contributed by atoms with van der Waals surface area (Å²) in [6.45, 7) is 0.481. The molecule has 0 saturated heterocycles. The summed E-state index contributed by atoms with van der Waals surface area (Å²) in [6, 6.07) is 19.1. The summed E-state index contributed by atoms with van der Waals surface area (Å²) in [5.41, 5.74) is 9.26. The second-order valence-corrected chi connectivity index (χ2v) is 6.96. The van der Waals surface area contributed by atoms with Crippen LogP contribution in [0.5, 0.6) is 5.75 Å². The van der Waals surface area contributed by atoms with Crippen molar-refractivity contribution in [1.82, 2.24) is 0 Å². The number of furan rings is 1. The van der Waals surface area contributed by atoms with Crippen LogP contribution in [0.2, 0.25) is 0 Å². The molecule has 0 aliphatic carbocycles. The van der Waals surface area contributed by atoms with Gasteiger partial charge in [-0.2, -0.15) is 0 Å². The number of aliphatic carboxylic acids is 1. The zero-order chi connectivity index (χ0) is 21.1. The van der Waals surface area contributed by atoms with Crippen LogP contribution in [0.25, 0.3) is 22.1 Å². The van der Waals surface area contributed by atoms with Gasteiger partial charge in [0.25, 0.3) is 0 Å². The van der Waals surface area contributed by atoms with Crippen LogP contribution >= 0.6 is 0 Å². The van der Waals surface area contributed by atoms with Gasteiger partial charge in [0.1, 0.15) is 29.5 Å². The standard InChI is InChI=1S/C24H20FNO4/c25-19-9-18-10-20(14-29-22-7-2-1-5-17(22)11-23(27)28)30-24(18)21(12-19)16-6-3-4-15(8-16)13-26/h1-10,12H,11,13-14,26H2,(H,27,28). The summed E-state index contributed by atoms with van der Waals surface area (Å²) in [7, 11) is 0. The summed E-state index contributed by atoms with van der Waals surface area (Å²) < 4.78 is 26.0. The molecule has 30 heavy (non-hydrogen) atoms. The molecule has 0 spiro atoms. The third kappa shape index (κ3) is 4.18. The van der Waals surface area contributed by atoms with Gasteiger partial charge in [-0.15, -0.1) is 0 Å². The molecule has 3 aromatic carbocycles. The molecule has 0 fully saturated rings. The third-order valence-corrected chi connectivity index (χ3v) is 4.79. The molecule has 0 atom stereocenters. The van der Waals surface area contributed by atoms with Gasteiger partial charge in [-0.1, -0.05) is 36.4 Å². The van der Waals surface area contributed by atoms with Crippen molar-refractivity contribution in [3.63, 3.8) is 0 Å². The number of rotatable bonds is 7. The molecular weight excluding hydrogens is 385 g/mol. The lowest BCUT2D eigenvalue weighted by Gasteiger charge is -2.09. The van der Waals surface area contributed by atoms with Crippen molar-refractivity contribution >= 4 is 16.9 Å². The maximum Gasteiger partial charge on any atom is 0.307 e. The first-order valence-corrected chi connectivity index (χ1v) is 9.47. The second-order valence-electron chi connectivity index (χ2n) is 6.96. The Balaban J connectivity index is 1.65. The Kier molecular flexibility index (Phi) is 5.50. The lowest BCUT2D eigenvalue weighted by molar-refractivity contribution is -0.136. The Morgan fingerprint density at radius 3 is 2.70 bits per heavy atom. The first kappa shape index (κ1) is 19.7. The highest BCUT2D eigenvalue weighted by Crippen LogP contribution is 2.33. The van der Waals surface area contributed by atoms with E-state index in [9.17, 15) is 9.18 Å². The molecule has 4 aromatic rings. The Bertz CT molecular complexity index is 1220. The fourth-order valence-corrected chi connectivity index (χ4v) is 3.42. The summed E-state index contributed by atoms with van der Waals surface area (Å²) >= 11 is 0.